The number of nitrogens with zero attached hydrogens (tertiary/aromatic N) is 3. The molecule has 1 aliphatic heterocycles. The van der Waals surface area contributed by atoms with Gasteiger partial charge in [0.15, 0.2) is 17.1 Å². The molecule has 0 saturated heterocycles. The molecule has 32 heavy (non-hydrogen) atoms. The Morgan fingerprint density at radius 3 is 2.81 bits per heavy atom. The van der Waals surface area contributed by atoms with Crippen molar-refractivity contribution in [3.63, 3.8) is 0 Å². The summed E-state index contributed by atoms with van der Waals surface area (Å²) in [5.74, 6) is 0.949. The first-order chi connectivity index (χ1) is 15.5. The summed E-state index contributed by atoms with van der Waals surface area (Å²) in [7, 11) is 1.39. The molecule has 0 spiro atoms. The lowest BCUT2D eigenvalue weighted by Crippen LogP contribution is -2.26. The Labute approximate surface area is 184 Å². The third-order valence-corrected chi connectivity index (χ3v) is 5.58. The van der Waals surface area contributed by atoms with E-state index < -0.39 is 6.61 Å². The molecule has 1 aliphatic rings. The van der Waals surface area contributed by atoms with Gasteiger partial charge in [-0.2, -0.15) is 8.78 Å². The van der Waals surface area contributed by atoms with Crippen LogP contribution in [0.5, 0.6) is 11.5 Å². The average molecular weight is 444 g/mol. The highest BCUT2D eigenvalue weighted by atomic mass is 19.3. The van der Waals surface area contributed by atoms with Gasteiger partial charge in [0.2, 0.25) is 0 Å². The molecule has 4 rings (SSSR count). The van der Waals surface area contributed by atoms with Gasteiger partial charge in [-0.1, -0.05) is 12.5 Å². The maximum absolute atomic E-state index is 13.0. The van der Waals surface area contributed by atoms with Crippen molar-refractivity contribution < 1.29 is 23.0 Å². The van der Waals surface area contributed by atoms with Gasteiger partial charge in [-0.3, -0.25) is 4.79 Å². The molecule has 3 heterocycles. The third-order valence-electron chi connectivity index (χ3n) is 5.58. The van der Waals surface area contributed by atoms with Gasteiger partial charge in [0.25, 0.3) is 5.91 Å². The minimum atomic E-state index is -2.94. The topological polar surface area (TPSA) is 78.3 Å². The molecule has 0 fully saturated rings. The number of rotatable bonds is 7. The van der Waals surface area contributed by atoms with E-state index in [1.54, 1.807) is 18.2 Å². The van der Waals surface area contributed by atoms with E-state index in [1.807, 2.05) is 6.92 Å². The SMILES string of the molecule is COc1ccc(CCNC(=O)c2cc(C)nc3c2nc2n3CCCCC2)cc1OC(F)F. The van der Waals surface area contributed by atoms with E-state index in [9.17, 15) is 13.6 Å². The fourth-order valence-corrected chi connectivity index (χ4v) is 4.07. The van der Waals surface area contributed by atoms with Crippen molar-refractivity contribution in [1.29, 1.82) is 0 Å². The smallest absolute Gasteiger partial charge is 0.387 e. The summed E-state index contributed by atoms with van der Waals surface area (Å²) in [4.78, 5) is 22.3. The van der Waals surface area contributed by atoms with Gasteiger partial charge < -0.3 is 19.4 Å². The van der Waals surface area contributed by atoms with E-state index in [-0.39, 0.29) is 17.4 Å². The fourth-order valence-electron chi connectivity index (χ4n) is 4.07. The highest BCUT2D eigenvalue weighted by Crippen LogP contribution is 2.29. The van der Waals surface area contributed by atoms with E-state index in [1.165, 1.54) is 19.6 Å². The maximum Gasteiger partial charge on any atom is 0.387 e. The Balaban J connectivity index is 1.49. The van der Waals surface area contributed by atoms with Gasteiger partial charge in [-0.15, -0.1) is 0 Å². The highest BCUT2D eigenvalue weighted by Gasteiger charge is 2.20. The number of alkyl halides is 2. The number of imidazole rings is 1. The molecule has 0 atom stereocenters. The quantitative estimate of drug-likeness (QED) is 0.595. The van der Waals surface area contributed by atoms with Crippen LogP contribution in [0.3, 0.4) is 0 Å². The molecule has 2 aromatic heterocycles. The number of carbonyl (C=O) groups is 1. The summed E-state index contributed by atoms with van der Waals surface area (Å²) < 4.78 is 37.0. The summed E-state index contributed by atoms with van der Waals surface area (Å²) in [5.41, 5.74) is 3.40. The van der Waals surface area contributed by atoms with Crippen molar-refractivity contribution in [3.05, 3.63) is 46.9 Å². The fraction of sp³-hybridized carbons (Fsp3) is 0.435. The zero-order valence-corrected chi connectivity index (χ0v) is 18.2. The molecule has 0 bridgehead atoms. The second-order valence-corrected chi connectivity index (χ2v) is 7.84. The summed E-state index contributed by atoms with van der Waals surface area (Å²) in [6.45, 7) is 0.120. The van der Waals surface area contributed by atoms with Gasteiger partial charge in [-0.25, -0.2) is 9.97 Å². The number of nitrogens with one attached hydrogen (secondary N) is 1. The van der Waals surface area contributed by atoms with Crippen LogP contribution in [0.4, 0.5) is 8.78 Å². The van der Waals surface area contributed by atoms with E-state index in [0.717, 1.165) is 48.5 Å². The zero-order chi connectivity index (χ0) is 22.7. The van der Waals surface area contributed by atoms with Crippen molar-refractivity contribution in [3.8, 4) is 11.5 Å². The molecule has 3 aromatic rings. The Hall–Kier alpha value is -3.23. The number of aryl methyl sites for hydroxylation is 3. The van der Waals surface area contributed by atoms with Crippen LogP contribution in [0, 0.1) is 6.92 Å². The summed E-state index contributed by atoms with van der Waals surface area (Å²) in [5, 5.41) is 2.91. The van der Waals surface area contributed by atoms with Gasteiger partial charge >= 0.3 is 6.61 Å². The molecular weight excluding hydrogens is 418 g/mol. The van der Waals surface area contributed by atoms with Gasteiger partial charge in [0, 0.05) is 25.2 Å². The number of ether oxygens (including phenoxy) is 2. The van der Waals surface area contributed by atoms with Crippen molar-refractivity contribution in [2.75, 3.05) is 13.7 Å². The lowest BCUT2D eigenvalue weighted by Gasteiger charge is -2.12. The molecule has 1 aromatic carbocycles. The maximum atomic E-state index is 13.0. The average Bonchev–Trinajstić information content (AvgIpc) is 2.93. The number of benzene rings is 1. The van der Waals surface area contributed by atoms with Crippen LogP contribution in [0.25, 0.3) is 11.2 Å². The molecule has 0 unspecified atom stereocenters. The van der Waals surface area contributed by atoms with Crippen LogP contribution in [0.2, 0.25) is 0 Å². The predicted molar refractivity (Wildman–Crippen MR) is 115 cm³/mol. The van der Waals surface area contributed by atoms with Crippen LogP contribution in [0.15, 0.2) is 24.3 Å². The first kappa shape index (κ1) is 22.0. The van der Waals surface area contributed by atoms with Crippen molar-refractivity contribution in [2.24, 2.45) is 0 Å². The lowest BCUT2D eigenvalue weighted by molar-refractivity contribution is -0.0512. The predicted octanol–water partition coefficient (Wildman–Crippen LogP) is 4.05. The first-order valence-corrected chi connectivity index (χ1v) is 10.7. The number of pyridine rings is 1. The van der Waals surface area contributed by atoms with Crippen LogP contribution in [-0.4, -0.2) is 40.7 Å². The molecule has 7 nitrogen and oxygen atoms in total. The number of aromatic nitrogens is 3. The van der Waals surface area contributed by atoms with Crippen molar-refractivity contribution in [2.45, 2.75) is 52.2 Å². The molecule has 170 valence electrons. The minimum absolute atomic E-state index is 0.0303. The molecular formula is C23H26F2N4O3. The van der Waals surface area contributed by atoms with Gasteiger partial charge in [0.1, 0.15) is 11.3 Å². The zero-order valence-electron chi connectivity index (χ0n) is 18.2. The van der Waals surface area contributed by atoms with E-state index in [4.69, 9.17) is 9.72 Å². The highest BCUT2D eigenvalue weighted by molar-refractivity contribution is 6.04. The normalized spacial score (nSPS) is 13.7. The lowest BCUT2D eigenvalue weighted by atomic mass is 10.1. The van der Waals surface area contributed by atoms with Crippen LogP contribution in [0.1, 0.15) is 46.7 Å². The Kier molecular flexibility index (Phi) is 6.53. The largest absolute Gasteiger partial charge is 0.493 e. The molecule has 9 heteroatoms. The number of hydrogen-bond acceptors (Lipinski definition) is 5. The van der Waals surface area contributed by atoms with Gasteiger partial charge in [-0.05, 0) is 49.9 Å². The number of amides is 1. The Morgan fingerprint density at radius 1 is 1.19 bits per heavy atom. The number of carbonyl (C=O) groups excluding carboxylic acids is 1. The minimum Gasteiger partial charge on any atom is -0.493 e. The molecule has 1 amide bonds. The molecule has 0 saturated carbocycles. The summed E-state index contributed by atoms with van der Waals surface area (Å²) in [6, 6.07) is 6.58. The monoisotopic (exact) mass is 444 g/mol. The molecule has 0 aliphatic carbocycles. The Morgan fingerprint density at radius 2 is 2.03 bits per heavy atom. The summed E-state index contributed by atoms with van der Waals surface area (Å²) in [6.07, 6.45) is 4.66. The number of fused-ring (bicyclic) bond motifs is 3. The van der Waals surface area contributed by atoms with E-state index in [0.29, 0.717) is 24.0 Å². The standard InChI is InChI=1S/C23H26F2N4O3/c1-14-12-16(20-21(27-14)29-11-5-3-4-6-19(29)28-20)22(30)26-10-9-15-7-8-17(31-2)18(13-15)32-23(24)25/h7-8,12-13,23H,3-6,9-11H2,1-2H3,(H,26,30). The number of hydrogen-bond donors (Lipinski definition) is 1. The van der Waals surface area contributed by atoms with Crippen molar-refractivity contribution in [1.82, 2.24) is 19.9 Å². The molecule has 1 N–H and O–H groups in total. The Bertz CT molecular complexity index is 1130. The van der Waals surface area contributed by atoms with E-state index >= 15 is 0 Å². The number of halogens is 2. The van der Waals surface area contributed by atoms with Crippen LogP contribution < -0.4 is 14.8 Å². The van der Waals surface area contributed by atoms with Gasteiger partial charge in [0.05, 0.1) is 12.7 Å². The third kappa shape index (κ3) is 4.66. The van der Waals surface area contributed by atoms with Crippen molar-refractivity contribution >= 4 is 17.1 Å². The second kappa shape index (κ2) is 9.50. The molecule has 0 radical (unpaired) electrons. The number of methoxy groups -OCH3 is 1. The summed E-state index contributed by atoms with van der Waals surface area (Å²) >= 11 is 0. The van der Waals surface area contributed by atoms with Crippen LogP contribution in [-0.2, 0) is 19.4 Å². The second-order valence-electron chi connectivity index (χ2n) is 7.84. The van der Waals surface area contributed by atoms with E-state index in [2.05, 4.69) is 19.6 Å². The van der Waals surface area contributed by atoms with Crippen LogP contribution >= 0.6 is 0 Å². The first-order valence-electron chi connectivity index (χ1n) is 10.7.